The van der Waals surface area contributed by atoms with Gasteiger partial charge in [-0.1, -0.05) is 18.2 Å². The summed E-state index contributed by atoms with van der Waals surface area (Å²) in [5.41, 5.74) is 2.88. The minimum atomic E-state index is -0.609. The topological polar surface area (TPSA) is 84.9 Å². The number of nitrogens with one attached hydrogen (secondary N) is 1. The molecule has 1 N–H and O–H groups in total. The highest BCUT2D eigenvalue weighted by Crippen LogP contribution is 2.34. The van der Waals surface area contributed by atoms with E-state index in [4.69, 9.17) is 9.47 Å². The lowest BCUT2D eigenvalue weighted by molar-refractivity contribution is -0.115. The van der Waals surface area contributed by atoms with Crippen LogP contribution in [-0.2, 0) is 20.7 Å². The summed E-state index contributed by atoms with van der Waals surface area (Å²) < 4.78 is 9.58. The zero-order valence-electron chi connectivity index (χ0n) is 16.0. The standard InChI is InChI=1S/C20H22N2O5S/c1-12-16(19(24)26-2)18(28-17(12)20(25)27-3)21-15(23)11-22-10-6-8-13-7-4-5-9-14(13)22/h4-5,7,9H,6,8,10-11H2,1-3H3,(H,21,23). The van der Waals surface area contributed by atoms with Crippen molar-refractivity contribution in [1.82, 2.24) is 0 Å². The first-order valence-corrected chi connectivity index (χ1v) is 9.70. The Hall–Kier alpha value is -2.87. The number of rotatable bonds is 5. The van der Waals surface area contributed by atoms with Gasteiger partial charge in [-0.25, -0.2) is 9.59 Å². The number of hydrogen-bond acceptors (Lipinski definition) is 7. The van der Waals surface area contributed by atoms with Crippen LogP contribution in [0.1, 0.15) is 37.6 Å². The molecule has 8 heteroatoms. The van der Waals surface area contributed by atoms with Gasteiger partial charge in [0.05, 0.1) is 26.3 Å². The summed E-state index contributed by atoms with van der Waals surface area (Å²) in [6.45, 7) is 2.57. The second-order valence-electron chi connectivity index (χ2n) is 6.45. The van der Waals surface area contributed by atoms with Crippen molar-refractivity contribution in [3.63, 3.8) is 0 Å². The van der Waals surface area contributed by atoms with Gasteiger partial charge in [-0.3, -0.25) is 4.79 Å². The SMILES string of the molecule is COC(=O)c1sc(NC(=O)CN2CCCc3ccccc32)c(C(=O)OC)c1C. The fourth-order valence-electron chi connectivity index (χ4n) is 3.35. The first kappa shape index (κ1) is 19.9. The number of nitrogens with zero attached hydrogens (tertiary/aromatic N) is 1. The van der Waals surface area contributed by atoms with Crippen LogP contribution in [0.2, 0.25) is 0 Å². The number of carbonyl (C=O) groups is 3. The Morgan fingerprint density at radius 2 is 1.86 bits per heavy atom. The van der Waals surface area contributed by atoms with Crippen LogP contribution in [0, 0.1) is 6.92 Å². The van der Waals surface area contributed by atoms with Gasteiger partial charge in [-0.15, -0.1) is 11.3 Å². The average molecular weight is 402 g/mol. The first-order chi connectivity index (χ1) is 13.5. The molecule has 2 heterocycles. The van der Waals surface area contributed by atoms with E-state index in [-0.39, 0.29) is 22.9 Å². The zero-order valence-corrected chi connectivity index (χ0v) is 16.9. The smallest absolute Gasteiger partial charge is 0.348 e. The van der Waals surface area contributed by atoms with Gasteiger partial charge < -0.3 is 19.7 Å². The van der Waals surface area contributed by atoms with E-state index in [2.05, 4.69) is 11.4 Å². The molecule has 0 radical (unpaired) electrons. The highest BCUT2D eigenvalue weighted by molar-refractivity contribution is 7.18. The lowest BCUT2D eigenvalue weighted by Crippen LogP contribution is -2.36. The average Bonchev–Trinajstić information content (AvgIpc) is 3.02. The van der Waals surface area contributed by atoms with Crippen LogP contribution in [0.25, 0.3) is 0 Å². The van der Waals surface area contributed by atoms with Crippen LogP contribution >= 0.6 is 11.3 Å². The molecule has 0 atom stereocenters. The number of thiophene rings is 1. The van der Waals surface area contributed by atoms with Crippen molar-refractivity contribution in [2.24, 2.45) is 0 Å². The molecule has 1 aromatic heterocycles. The maximum atomic E-state index is 12.7. The number of benzene rings is 1. The maximum Gasteiger partial charge on any atom is 0.348 e. The number of hydrogen-bond donors (Lipinski definition) is 1. The van der Waals surface area contributed by atoms with E-state index >= 15 is 0 Å². The Morgan fingerprint density at radius 3 is 2.57 bits per heavy atom. The fourth-order valence-corrected chi connectivity index (χ4v) is 4.48. The summed E-state index contributed by atoms with van der Waals surface area (Å²) in [4.78, 5) is 39.1. The molecule has 148 valence electrons. The molecule has 2 aromatic rings. The molecule has 3 rings (SSSR count). The van der Waals surface area contributed by atoms with Gasteiger partial charge in [-0.05, 0) is 37.0 Å². The third-order valence-corrected chi connectivity index (χ3v) is 5.89. The first-order valence-electron chi connectivity index (χ1n) is 8.89. The van der Waals surface area contributed by atoms with Crippen LogP contribution in [0.15, 0.2) is 24.3 Å². The number of anilines is 2. The van der Waals surface area contributed by atoms with Crippen molar-refractivity contribution in [2.45, 2.75) is 19.8 Å². The van der Waals surface area contributed by atoms with Gasteiger partial charge >= 0.3 is 11.9 Å². The molecule has 1 aromatic carbocycles. The van der Waals surface area contributed by atoms with E-state index in [0.717, 1.165) is 36.4 Å². The lowest BCUT2D eigenvalue weighted by Gasteiger charge is -2.30. The van der Waals surface area contributed by atoms with E-state index in [0.29, 0.717) is 10.6 Å². The Balaban J connectivity index is 1.83. The summed E-state index contributed by atoms with van der Waals surface area (Å²) in [7, 11) is 2.53. The van der Waals surface area contributed by atoms with Crippen molar-refractivity contribution in [3.05, 3.63) is 45.8 Å². The molecule has 1 amide bonds. The largest absolute Gasteiger partial charge is 0.465 e. The number of esters is 2. The second kappa shape index (κ2) is 8.43. The number of amides is 1. The number of fused-ring (bicyclic) bond motifs is 1. The highest BCUT2D eigenvalue weighted by atomic mass is 32.1. The predicted octanol–water partition coefficient (Wildman–Crippen LogP) is 3.02. The number of para-hydroxylation sites is 1. The number of carbonyl (C=O) groups excluding carboxylic acids is 3. The van der Waals surface area contributed by atoms with Gasteiger partial charge in [0.1, 0.15) is 9.88 Å². The van der Waals surface area contributed by atoms with Crippen LogP contribution < -0.4 is 10.2 Å². The van der Waals surface area contributed by atoms with Crippen molar-refractivity contribution < 1.29 is 23.9 Å². The Kier molecular flexibility index (Phi) is 5.99. The minimum absolute atomic E-state index is 0.155. The summed E-state index contributed by atoms with van der Waals surface area (Å²) in [6, 6.07) is 8.02. The third-order valence-electron chi connectivity index (χ3n) is 4.70. The van der Waals surface area contributed by atoms with Gasteiger partial charge in [0.2, 0.25) is 5.91 Å². The second-order valence-corrected chi connectivity index (χ2v) is 7.47. The van der Waals surface area contributed by atoms with E-state index in [1.165, 1.54) is 19.8 Å². The van der Waals surface area contributed by atoms with Crippen LogP contribution in [0.5, 0.6) is 0 Å². The van der Waals surface area contributed by atoms with E-state index in [1.54, 1.807) is 6.92 Å². The van der Waals surface area contributed by atoms with E-state index in [9.17, 15) is 14.4 Å². The molecular formula is C20H22N2O5S. The van der Waals surface area contributed by atoms with Crippen molar-refractivity contribution in [2.75, 3.05) is 37.5 Å². The van der Waals surface area contributed by atoms with Crippen LogP contribution in [0.4, 0.5) is 10.7 Å². The Morgan fingerprint density at radius 1 is 1.14 bits per heavy atom. The van der Waals surface area contributed by atoms with E-state index in [1.807, 2.05) is 23.1 Å². The Bertz CT molecular complexity index is 921. The van der Waals surface area contributed by atoms with Gasteiger partial charge in [-0.2, -0.15) is 0 Å². The molecule has 0 aliphatic carbocycles. The fraction of sp³-hybridized carbons (Fsp3) is 0.350. The van der Waals surface area contributed by atoms with Gasteiger partial charge in [0.25, 0.3) is 0 Å². The lowest BCUT2D eigenvalue weighted by atomic mass is 10.0. The zero-order chi connectivity index (χ0) is 20.3. The van der Waals surface area contributed by atoms with Gasteiger partial charge in [0, 0.05) is 12.2 Å². The molecular weight excluding hydrogens is 380 g/mol. The van der Waals surface area contributed by atoms with Crippen molar-refractivity contribution >= 4 is 39.9 Å². The minimum Gasteiger partial charge on any atom is -0.465 e. The molecule has 0 spiro atoms. The number of ether oxygens (including phenoxy) is 2. The van der Waals surface area contributed by atoms with Gasteiger partial charge in [0.15, 0.2) is 0 Å². The monoisotopic (exact) mass is 402 g/mol. The summed E-state index contributed by atoms with van der Waals surface area (Å²) in [6.07, 6.45) is 1.97. The molecule has 1 aliphatic rings. The van der Waals surface area contributed by atoms with Crippen molar-refractivity contribution in [3.8, 4) is 0 Å². The molecule has 0 fully saturated rings. The summed E-state index contributed by atoms with van der Waals surface area (Å²) >= 11 is 1.01. The summed E-state index contributed by atoms with van der Waals surface area (Å²) in [5, 5.41) is 3.07. The normalized spacial score (nSPS) is 12.9. The predicted molar refractivity (Wildman–Crippen MR) is 107 cm³/mol. The molecule has 0 bridgehead atoms. The van der Waals surface area contributed by atoms with E-state index < -0.39 is 11.9 Å². The third kappa shape index (κ3) is 3.87. The molecule has 0 saturated heterocycles. The van der Waals surface area contributed by atoms with Crippen LogP contribution in [-0.4, -0.2) is 45.2 Å². The van der Waals surface area contributed by atoms with Crippen molar-refractivity contribution in [1.29, 1.82) is 0 Å². The number of methoxy groups -OCH3 is 2. The molecule has 28 heavy (non-hydrogen) atoms. The molecule has 0 unspecified atom stereocenters. The quantitative estimate of drug-likeness (QED) is 0.774. The van der Waals surface area contributed by atoms with Crippen LogP contribution in [0.3, 0.4) is 0 Å². The Labute approximate surface area is 167 Å². The highest BCUT2D eigenvalue weighted by Gasteiger charge is 2.27. The molecule has 7 nitrogen and oxygen atoms in total. The maximum absolute atomic E-state index is 12.7. The summed E-state index contributed by atoms with van der Waals surface area (Å²) in [5.74, 6) is -1.43. The number of aryl methyl sites for hydroxylation is 1. The molecule has 0 saturated carbocycles. The molecule has 1 aliphatic heterocycles.